The van der Waals surface area contributed by atoms with Crippen molar-refractivity contribution in [3.63, 3.8) is 0 Å². The van der Waals surface area contributed by atoms with E-state index in [1.165, 1.54) is 0 Å². The summed E-state index contributed by atoms with van der Waals surface area (Å²) in [6, 6.07) is 13.0. The fraction of sp³-hybridized carbons (Fsp3) is 0.391. The molecule has 3 heterocycles. The number of carbonyl (C=O) groups excluding carboxylic acids is 1. The SMILES string of the molecule is COc1ccc(-c2cc(C(=O)NC[C@H](c3ccc(C)o3)N3CCN(C)CC3)no2)cc1. The third-order valence-corrected chi connectivity index (χ3v) is 5.64. The van der Waals surface area contributed by atoms with Gasteiger partial charge in [0.15, 0.2) is 11.5 Å². The Balaban J connectivity index is 1.43. The molecule has 2 aromatic heterocycles. The fourth-order valence-corrected chi connectivity index (χ4v) is 3.73. The zero-order valence-electron chi connectivity index (χ0n) is 18.1. The summed E-state index contributed by atoms with van der Waals surface area (Å²) in [5.41, 5.74) is 1.08. The summed E-state index contributed by atoms with van der Waals surface area (Å²) in [6.07, 6.45) is 0. The minimum Gasteiger partial charge on any atom is -0.497 e. The summed E-state index contributed by atoms with van der Waals surface area (Å²) in [6.45, 7) is 6.17. The lowest BCUT2D eigenvalue weighted by molar-refractivity contribution is 0.0843. The van der Waals surface area contributed by atoms with E-state index < -0.39 is 0 Å². The van der Waals surface area contributed by atoms with E-state index in [0.29, 0.717) is 12.3 Å². The van der Waals surface area contributed by atoms with Crippen LogP contribution < -0.4 is 10.1 Å². The molecule has 1 aliphatic heterocycles. The fourth-order valence-electron chi connectivity index (χ4n) is 3.73. The molecule has 0 bridgehead atoms. The lowest BCUT2D eigenvalue weighted by atomic mass is 10.1. The van der Waals surface area contributed by atoms with E-state index in [1.807, 2.05) is 43.3 Å². The number of rotatable bonds is 7. The molecule has 1 saturated heterocycles. The van der Waals surface area contributed by atoms with E-state index in [4.69, 9.17) is 13.7 Å². The molecular formula is C23H28N4O4. The predicted molar refractivity (Wildman–Crippen MR) is 116 cm³/mol. The van der Waals surface area contributed by atoms with Gasteiger partial charge in [0, 0.05) is 44.4 Å². The lowest BCUT2D eigenvalue weighted by Crippen LogP contribution is -2.48. The highest BCUT2D eigenvalue weighted by Crippen LogP contribution is 2.25. The van der Waals surface area contributed by atoms with E-state index in [9.17, 15) is 4.79 Å². The standard InChI is InChI=1S/C23H28N4O4/c1-16-4-9-21(30-16)20(27-12-10-26(2)11-13-27)15-24-23(28)19-14-22(31-25-19)17-5-7-18(29-3)8-6-17/h4-9,14,20H,10-13,15H2,1-3H3,(H,24,28)/t20-/m1/s1. The number of benzene rings is 1. The van der Waals surface area contributed by atoms with Crippen molar-refractivity contribution in [1.82, 2.24) is 20.3 Å². The summed E-state index contributed by atoms with van der Waals surface area (Å²) in [7, 11) is 3.74. The molecule has 31 heavy (non-hydrogen) atoms. The Labute approximate surface area is 181 Å². The van der Waals surface area contributed by atoms with Crippen molar-refractivity contribution in [3.8, 4) is 17.1 Å². The van der Waals surface area contributed by atoms with Crippen LogP contribution in [0.1, 0.15) is 28.1 Å². The number of methoxy groups -OCH3 is 1. The van der Waals surface area contributed by atoms with Gasteiger partial charge in [-0.25, -0.2) is 0 Å². The molecule has 3 aromatic rings. The predicted octanol–water partition coefficient (Wildman–Crippen LogP) is 2.97. The number of aryl methyl sites for hydroxylation is 1. The lowest BCUT2D eigenvalue weighted by Gasteiger charge is -2.37. The average molecular weight is 425 g/mol. The Morgan fingerprint density at radius 2 is 1.90 bits per heavy atom. The number of ether oxygens (including phenoxy) is 1. The van der Waals surface area contributed by atoms with Crippen molar-refractivity contribution < 1.29 is 18.5 Å². The van der Waals surface area contributed by atoms with Gasteiger partial charge in [0.25, 0.3) is 5.91 Å². The van der Waals surface area contributed by atoms with Crippen molar-refractivity contribution in [2.24, 2.45) is 0 Å². The molecule has 1 aliphatic rings. The average Bonchev–Trinajstić information content (AvgIpc) is 3.45. The number of aromatic nitrogens is 1. The van der Waals surface area contributed by atoms with Crippen LogP contribution in [0.25, 0.3) is 11.3 Å². The molecule has 164 valence electrons. The monoisotopic (exact) mass is 424 g/mol. The molecule has 8 nitrogen and oxygen atoms in total. The first-order chi connectivity index (χ1) is 15.0. The molecule has 0 aliphatic carbocycles. The van der Waals surface area contributed by atoms with E-state index in [-0.39, 0.29) is 17.6 Å². The first kappa shape index (κ1) is 21.1. The first-order valence-corrected chi connectivity index (χ1v) is 10.4. The van der Waals surface area contributed by atoms with Crippen LogP contribution in [-0.4, -0.2) is 67.7 Å². The van der Waals surface area contributed by atoms with Crippen LogP contribution in [0, 0.1) is 6.92 Å². The number of carbonyl (C=O) groups is 1. The summed E-state index contributed by atoms with van der Waals surface area (Å²) >= 11 is 0. The van der Waals surface area contributed by atoms with Crippen molar-refractivity contribution in [1.29, 1.82) is 0 Å². The number of hydrogen-bond donors (Lipinski definition) is 1. The highest BCUT2D eigenvalue weighted by atomic mass is 16.5. The van der Waals surface area contributed by atoms with Crippen LogP contribution in [0.5, 0.6) is 5.75 Å². The second kappa shape index (κ2) is 9.36. The van der Waals surface area contributed by atoms with Crippen molar-refractivity contribution in [3.05, 3.63) is 59.7 Å². The topological polar surface area (TPSA) is 84.0 Å². The van der Waals surface area contributed by atoms with E-state index in [1.54, 1.807) is 13.2 Å². The number of amides is 1. The largest absolute Gasteiger partial charge is 0.497 e. The number of hydrogen-bond acceptors (Lipinski definition) is 7. The molecule has 0 saturated carbocycles. The molecule has 8 heteroatoms. The number of likely N-dealkylation sites (N-methyl/N-ethyl adjacent to an activating group) is 1. The maximum Gasteiger partial charge on any atom is 0.273 e. The minimum absolute atomic E-state index is 0.0284. The van der Waals surface area contributed by atoms with Crippen molar-refractivity contribution >= 4 is 5.91 Å². The molecule has 4 rings (SSSR count). The van der Waals surface area contributed by atoms with Gasteiger partial charge in [0.05, 0.1) is 13.2 Å². The molecule has 1 atom stereocenters. The molecule has 0 radical (unpaired) electrons. The molecule has 1 amide bonds. The van der Waals surface area contributed by atoms with Crippen LogP contribution in [0.15, 0.2) is 51.4 Å². The van der Waals surface area contributed by atoms with Gasteiger partial charge in [-0.05, 0) is 50.4 Å². The van der Waals surface area contributed by atoms with Gasteiger partial charge < -0.3 is 23.9 Å². The van der Waals surface area contributed by atoms with Crippen LogP contribution in [0.4, 0.5) is 0 Å². The van der Waals surface area contributed by atoms with Crippen LogP contribution >= 0.6 is 0 Å². The van der Waals surface area contributed by atoms with Crippen LogP contribution in [-0.2, 0) is 0 Å². The first-order valence-electron chi connectivity index (χ1n) is 10.4. The Bertz CT molecular complexity index is 1000. The summed E-state index contributed by atoms with van der Waals surface area (Å²) in [5, 5.41) is 6.95. The van der Waals surface area contributed by atoms with Crippen molar-refractivity contribution in [2.75, 3.05) is 46.9 Å². The number of nitrogens with zero attached hydrogens (tertiary/aromatic N) is 3. The highest BCUT2D eigenvalue weighted by Gasteiger charge is 2.27. The van der Waals surface area contributed by atoms with Gasteiger partial charge in [0.1, 0.15) is 17.3 Å². The molecule has 1 N–H and O–H groups in total. The second-order valence-electron chi connectivity index (χ2n) is 7.82. The third kappa shape index (κ3) is 4.98. The minimum atomic E-state index is -0.272. The van der Waals surface area contributed by atoms with Crippen molar-refractivity contribution in [2.45, 2.75) is 13.0 Å². The van der Waals surface area contributed by atoms with Crippen LogP contribution in [0.3, 0.4) is 0 Å². The highest BCUT2D eigenvalue weighted by molar-refractivity contribution is 5.93. The normalized spacial score (nSPS) is 16.2. The quantitative estimate of drug-likeness (QED) is 0.624. The van der Waals surface area contributed by atoms with Gasteiger partial charge in [-0.3, -0.25) is 9.69 Å². The molecular weight excluding hydrogens is 396 g/mol. The Kier molecular flexibility index (Phi) is 6.39. The van der Waals surface area contributed by atoms with Gasteiger partial charge in [0.2, 0.25) is 0 Å². The number of nitrogens with one attached hydrogen (secondary N) is 1. The summed E-state index contributed by atoms with van der Waals surface area (Å²) < 4.78 is 16.4. The molecule has 0 unspecified atom stereocenters. The zero-order chi connectivity index (χ0) is 21.8. The molecule has 1 fully saturated rings. The van der Waals surface area contributed by atoms with E-state index >= 15 is 0 Å². The smallest absolute Gasteiger partial charge is 0.273 e. The molecule has 1 aromatic carbocycles. The second-order valence-corrected chi connectivity index (χ2v) is 7.82. The van der Waals surface area contributed by atoms with Gasteiger partial charge in [-0.1, -0.05) is 5.16 Å². The number of furan rings is 1. The third-order valence-electron chi connectivity index (χ3n) is 5.64. The van der Waals surface area contributed by atoms with E-state index in [0.717, 1.165) is 49.0 Å². The van der Waals surface area contributed by atoms with Gasteiger partial charge in [-0.15, -0.1) is 0 Å². The number of piperazine rings is 1. The Hall–Kier alpha value is -3.10. The van der Waals surface area contributed by atoms with Gasteiger partial charge >= 0.3 is 0 Å². The maximum absolute atomic E-state index is 12.8. The zero-order valence-corrected chi connectivity index (χ0v) is 18.1. The molecule has 0 spiro atoms. The summed E-state index contributed by atoms with van der Waals surface area (Å²) in [4.78, 5) is 17.4. The Morgan fingerprint density at radius 3 is 2.55 bits per heavy atom. The van der Waals surface area contributed by atoms with E-state index in [2.05, 4.69) is 27.3 Å². The maximum atomic E-state index is 12.8. The van der Waals surface area contributed by atoms with Crippen LogP contribution in [0.2, 0.25) is 0 Å². The summed E-state index contributed by atoms with van der Waals surface area (Å²) in [5.74, 6) is 2.74. The van der Waals surface area contributed by atoms with Gasteiger partial charge in [-0.2, -0.15) is 0 Å². The Morgan fingerprint density at radius 1 is 1.16 bits per heavy atom.